The smallest absolute Gasteiger partial charge is 0.322 e. The number of carbonyl (C=O) groups is 2. The zero-order valence-corrected chi connectivity index (χ0v) is 12.1. The van der Waals surface area contributed by atoms with E-state index >= 15 is 0 Å². The van der Waals surface area contributed by atoms with Crippen molar-refractivity contribution in [2.24, 2.45) is 11.3 Å². The number of sulfonamides is 1. The van der Waals surface area contributed by atoms with E-state index in [1.165, 1.54) is 0 Å². The van der Waals surface area contributed by atoms with E-state index in [2.05, 4.69) is 4.74 Å². The van der Waals surface area contributed by atoms with Gasteiger partial charge in [0.05, 0.1) is 12.5 Å². The van der Waals surface area contributed by atoms with Crippen molar-refractivity contribution in [3.05, 3.63) is 0 Å². The molecular weight excluding hydrogens is 274 g/mol. The van der Waals surface area contributed by atoms with E-state index in [1.54, 1.807) is 13.8 Å². The first kappa shape index (κ1) is 15.9. The summed E-state index contributed by atoms with van der Waals surface area (Å²) in [5, 5.41) is 9.33. The van der Waals surface area contributed by atoms with Gasteiger partial charge in [-0.3, -0.25) is 9.59 Å². The quantitative estimate of drug-likeness (QED) is 0.712. The van der Waals surface area contributed by atoms with Gasteiger partial charge >= 0.3 is 11.9 Å². The van der Waals surface area contributed by atoms with Crippen molar-refractivity contribution in [3.63, 3.8) is 0 Å². The first-order valence-corrected chi connectivity index (χ1v) is 7.54. The number of hydrogen-bond acceptors (Lipinski definition) is 5. The molecule has 1 fully saturated rings. The maximum Gasteiger partial charge on any atom is 0.322 e. The Morgan fingerprint density at radius 1 is 1.42 bits per heavy atom. The van der Waals surface area contributed by atoms with Crippen LogP contribution in [-0.2, 0) is 24.3 Å². The maximum absolute atomic E-state index is 12.0. The Morgan fingerprint density at radius 2 is 2.00 bits per heavy atom. The summed E-state index contributed by atoms with van der Waals surface area (Å²) in [6.45, 7) is 3.53. The molecule has 0 aliphatic carbocycles. The van der Waals surface area contributed by atoms with Crippen LogP contribution in [0.3, 0.4) is 0 Å². The molecule has 110 valence electrons. The molecule has 0 bridgehead atoms. The largest absolute Gasteiger partial charge is 0.481 e. The van der Waals surface area contributed by atoms with Crippen molar-refractivity contribution in [2.75, 3.05) is 26.0 Å². The SMILES string of the molecule is COC(=O)CS(=O)(=O)N1CCC(C(=O)O)(C(C)C)C1. The minimum Gasteiger partial charge on any atom is -0.481 e. The number of methoxy groups -OCH3 is 1. The highest BCUT2D eigenvalue weighted by Crippen LogP contribution is 2.39. The van der Waals surface area contributed by atoms with Crippen molar-refractivity contribution < 1.29 is 27.9 Å². The normalized spacial score (nSPS) is 24.6. The Balaban J connectivity index is 2.91. The number of carbonyl (C=O) groups excluding carboxylic acids is 1. The Labute approximate surface area is 112 Å². The fourth-order valence-electron chi connectivity index (χ4n) is 2.23. The summed E-state index contributed by atoms with van der Waals surface area (Å²) in [4.78, 5) is 22.5. The average Bonchev–Trinajstić information content (AvgIpc) is 2.75. The number of aliphatic carboxylic acids is 1. The summed E-state index contributed by atoms with van der Waals surface area (Å²) < 4.78 is 29.3. The molecule has 1 aliphatic rings. The lowest BCUT2D eigenvalue weighted by Gasteiger charge is -2.28. The molecule has 0 aromatic carbocycles. The van der Waals surface area contributed by atoms with Gasteiger partial charge in [0.25, 0.3) is 0 Å². The van der Waals surface area contributed by atoms with Crippen molar-refractivity contribution in [1.82, 2.24) is 4.31 Å². The van der Waals surface area contributed by atoms with Crippen molar-refractivity contribution >= 4 is 22.0 Å². The second-order valence-corrected chi connectivity index (χ2v) is 7.00. The molecule has 19 heavy (non-hydrogen) atoms. The Bertz CT molecular complexity index is 472. The number of carboxylic acids is 1. The van der Waals surface area contributed by atoms with E-state index in [0.29, 0.717) is 0 Å². The van der Waals surface area contributed by atoms with Crippen LogP contribution in [0.25, 0.3) is 0 Å². The third-order valence-corrected chi connectivity index (χ3v) is 5.42. The number of rotatable bonds is 5. The first-order chi connectivity index (χ1) is 8.65. The van der Waals surface area contributed by atoms with Crippen molar-refractivity contribution in [3.8, 4) is 0 Å². The summed E-state index contributed by atoms with van der Waals surface area (Å²) in [6, 6.07) is 0. The van der Waals surface area contributed by atoms with E-state index < -0.39 is 33.1 Å². The third kappa shape index (κ3) is 3.06. The van der Waals surface area contributed by atoms with Crippen LogP contribution in [0.1, 0.15) is 20.3 Å². The highest BCUT2D eigenvalue weighted by Gasteiger charge is 2.50. The number of esters is 1. The van der Waals surface area contributed by atoms with Gasteiger partial charge in [-0.2, -0.15) is 0 Å². The van der Waals surface area contributed by atoms with Gasteiger partial charge in [0.15, 0.2) is 5.75 Å². The fraction of sp³-hybridized carbons (Fsp3) is 0.818. The van der Waals surface area contributed by atoms with Crippen LogP contribution in [0.5, 0.6) is 0 Å². The lowest BCUT2D eigenvalue weighted by Crippen LogP contribution is -2.41. The monoisotopic (exact) mass is 293 g/mol. The lowest BCUT2D eigenvalue weighted by atomic mass is 9.77. The number of nitrogens with zero attached hydrogens (tertiary/aromatic N) is 1. The van der Waals surface area contributed by atoms with Gasteiger partial charge < -0.3 is 9.84 Å². The molecule has 0 radical (unpaired) electrons. The van der Waals surface area contributed by atoms with E-state index in [9.17, 15) is 23.1 Å². The number of hydrogen-bond donors (Lipinski definition) is 1. The van der Waals surface area contributed by atoms with Crippen LogP contribution in [0.2, 0.25) is 0 Å². The molecule has 0 saturated carbocycles. The van der Waals surface area contributed by atoms with Crippen LogP contribution >= 0.6 is 0 Å². The standard InChI is InChI=1S/C11H19NO6S/c1-8(2)11(10(14)15)4-5-12(7-11)19(16,17)6-9(13)18-3/h8H,4-7H2,1-3H3,(H,14,15). The van der Waals surface area contributed by atoms with Gasteiger partial charge in [0.1, 0.15) is 0 Å². The fourth-order valence-corrected chi connectivity index (χ4v) is 3.62. The Hall–Kier alpha value is -1.15. The molecule has 0 amide bonds. The second-order valence-electron chi connectivity index (χ2n) is 5.03. The third-order valence-electron chi connectivity index (χ3n) is 3.72. The van der Waals surface area contributed by atoms with Gasteiger partial charge in [0.2, 0.25) is 10.0 Å². The van der Waals surface area contributed by atoms with Crippen LogP contribution in [0.15, 0.2) is 0 Å². The molecule has 1 aliphatic heterocycles. The maximum atomic E-state index is 12.0. The molecule has 1 rings (SSSR count). The molecule has 0 aromatic rings. The average molecular weight is 293 g/mol. The van der Waals surface area contributed by atoms with Crippen LogP contribution in [0, 0.1) is 11.3 Å². The predicted octanol–water partition coefficient (Wildman–Crippen LogP) is -0.0781. The molecule has 1 atom stereocenters. The van der Waals surface area contributed by atoms with E-state index in [1.807, 2.05) is 0 Å². The van der Waals surface area contributed by atoms with Gasteiger partial charge in [-0.15, -0.1) is 0 Å². The van der Waals surface area contributed by atoms with Crippen molar-refractivity contribution in [1.29, 1.82) is 0 Å². The lowest BCUT2D eigenvalue weighted by molar-refractivity contribution is -0.150. The molecule has 1 heterocycles. The van der Waals surface area contributed by atoms with Gasteiger partial charge in [-0.25, -0.2) is 12.7 Å². The van der Waals surface area contributed by atoms with Crippen LogP contribution in [0.4, 0.5) is 0 Å². The molecular formula is C11H19NO6S. The summed E-state index contributed by atoms with van der Waals surface area (Å²) in [5.74, 6) is -2.80. The van der Waals surface area contributed by atoms with E-state index in [-0.39, 0.29) is 25.4 Å². The minimum atomic E-state index is -3.81. The zero-order valence-electron chi connectivity index (χ0n) is 11.2. The predicted molar refractivity (Wildman–Crippen MR) is 66.9 cm³/mol. The molecule has 0 spiro atoms. The molecule has 1 N–H and O–H groups in total. The van der Waals surface area contributed by atoms with E-state index in [4.69, 9.17) is 0 Å². The molecule has 0 aromatic heterocycles. The highest BCUT2D eigenvalue weighted by atomic mass is 32.2. The Kier molecular flexibility index (Phi) is 4.57. The van der Waals surface area contributed by atoms with Crippen molar-refractivity contribution in [2.45, 2.75) is 20.3 Å². The summed E-state index contributed by atoms with van der Waals surface area (Å²) in [5.41, 5.74) is -1.08. The van der Waals surface area contributed by atoms with Crippen LogP contribution in [-0.4, -0.2) is 55.7 Å². The van der Waals surface area contributed by atoms with Gasteiger partial charge in [0, 0.05) is 13.1 Å². The van der Waals surface area contributed by atoms with Gasteiger partial charge in [-0.05, 0) is 12.3 Å². The number of carboxylic acid groups (broad SMARTS) is 1. The topological polar surface area (TPSA) is 101 Å². The highest BCUT2D eigenvalue weighted by molar-refractivity contribution is 7.89. The molecule has 8 heteroatoms. The minimum absolute atomic E-state index is 0.0979. The zero-order chi connectivity index (χ0) is 14.8. The Morgan fingerprint density at radius 3 is 2.37 bits per heavy atom. The molecule has 1 unspecified atom stereocenters. The number of ether oxygens (including phenoxy) is 1. The molecule has 1 saturated heterocycles. The van der Waals surface area contributed by atoms with Gasteiger partial charge in [-0.1, -0.05) is 13.8 Å². The summed E-state index contributed by atoms with van der Waals surface area (Å²) >= 11 is 0. The van der Waals surface area contributed by atoms with Crippen LogP contribution < -0.4 is 0 Å². The van der Waals surface area contributed by atoms with E-state index in [0.717, 1.165) is 11.4 Å². The summed E-state index contributed by atoms with van der Waals surface area (Å²) in [6.07, 6.45) is 0.250. The first-order valence-electron chi connectivity index (χ1n) is 5.94. The molecule has 7 nitrogen and oxygen atoms in total. The summed E-state index contributed by atoms with van der Waals surface area (Å²) in [7, 11) is -2.71. The second kappa shape index (κ2) is 5.46.